The molecule has 1 aliphatic heterocycles. The van der Waals surface area contributed by atoms with Crippen LogP contribution in [0.5, 0.6) is 0 Å². The topological polar surface area (TPSA) is 67.9 Å². The molecule has 1 unspecified atom stereocenters. The van der Waals surface area contributed by atoms with E-state index >= 15 is 0 Å². The molecule has 0 aliphatic carbocycles. The maximum atomic E-state index is 10.7. The number of piperazine rings is 1. The molecule has 0 amide bonds. The lowest BCUT2D eigenvalue weighted by Crippen LogP contribution is -2.53. The molecule has 1 atom stereocenters. The van der Waals surface area contributed by atoms with Crippen LogP contribution in [0.3, 0.4) is 0 Å². The minimum Gasteiger partial charge on any atom is -0.442 e. The molecule has 0 aromatic rings. The summed E-state index contributed by atoms with van der Waals surface area (Å²) in [5.74, 6) is -0.806. The Kier molecular flexibility index (Phi) is 3.84. The molecular weight excluding hydrogens is 188 g/mol. The summed E-state index contributed by atoms with van der Waals surface area (Å²) in [4.78, 5) is 26.3. The monoisotopic (exact) mass is 202 g/mol. The average Bonchev–Trinajstić information content (AvgIpc) is 2.06. The molecule has 6 nitrogen and oxygen atoms in total. The first-order valence-corrected chi connectivity index (χ1v) is 4.42. The first-order valence-electron chi connectivity index (χ1n) is 4.42. The van der Waals surface area contributed by atoms with Crippen LogP contribution in [0.15, 0.2) is 0 Å². The van der Waals surface area contributed by atoms with Gasteiger partial charge in [-0.15, -0.1) is 0 Å². The second-order valence-corrected chi connectivity index (χ2v) is 2.99. The largest absolute Gasteiger partial charge is 0.442 e. The van der Waals surface area contributed by atoms with Crippen molar-refractivity contribution in [3.05, 3.63) is 0 Å². The Morgan fingerprint density at radius 2 is 2.07 bits per heavy atom. The number of nitrogens with one attached hydrogen (secondary N) is 1. The van der Waals surface area contributed by atoms with Crippen molar-refractivity contribution >= 4 is 11.9 Å². The number of hydroxylamine groups is 2. The third kappa shape index (κ3) is 3.31. The van der Waals surface area contributed by atoms with E-state index in [0.717, 1.165) is 0 Å². The first kappa shape index (κ1) is 10.9. The Morgan fingerprint density at radius 1 is 1.36 bits per heavy atom. The summed E-state index contributed by atoms with van der Waals surface area (Å²) in [6, 6.07) is 0. The third-order valence-electron chi connectivity index (χ3n) is 1.70. The highest BCUT2D eigenvalue weighted by atomic mass is 16.7. The molecule has 1 aliphatic rings. The van der Waals surface area contributed by atoms with E-state index in [1.807, 2.05) is 0 Å². The molecule has 0 saturated carbocycles. The number of carbonyl (C=O) groups excluding carboxylic acids is 2. The van der Waals surface area contributed by atoms with Crippen LogP contribution in [0.25, 0.3) is 0 Å². The van der Waals surface area contributed by atoms with Gasteiger partial charge >= 0.3 is 11.9 Å². The first-order chi connectivity index (χ1) is 6.59. The minimum absolute atomic E-state index is 0.393. The van der Waals surface area contributed by atoms with Crippen molar-refractivity contribution in [3.63, 3.8) is 0 Å². The van der Waals surface area contributed by atoms with E-state index in [1.165, 1.54) is 18.9 Å². The zero-order valence-electron chi connectivity index (χ0n) is 8.28. The number of carbonyl (C=O) groups is 2. The maximum absolute atomic E-state index is 10.7. The van der Waals surface area contributed by atoms with Crippen molar-refractivity contribution in [1.29, 1.82) is 0 Å². The fourth-order valence-electron chi connectivity index (χ4n) is 1.22. The van der Waals surface area contributed by atoms with Gasteiger partial charge in [0.2, 0.25) is 0 Å². The Balaban J connectivity index is 2.49. The molecular formula is C8H14N2O4. The van der Waals surface area contributed by atoms with Crippen LogP contribution in [0.2, 0.25) is 0 Å². The van der Waals surface area contributed by atoms with Gasteiger partial charge in [0.1, 0.15) is 0 Å². The molecule has 0 aromatic carbocycles. The fourth-order valence-corrected chi connectivity index (χ4v) is 1.22. The van der Waals surface area contributed by atoms with Crippen LogP contribution < -0.4 is 5.32 Å². The van der Waals surface area contributed by atoms with Gasteiger partial charge < -0.3 is 14.9 Å². The minimum atomic E-state index is -0.523. The smallest absolute Gasteiger partial charge is 0.322 e. The van der Waals surface area contributed by atoms with Gasteiger partial charge in [0.05, 0.1) is 6.54 Å². The summed E-state index contributed by atoms with van der Waals surface area (Å²) >= 11 is 0. The lowest BCUT2D eigenvalue weighted by atomic mass is 10.4. The van der Waals surface area contributed by atoms with E-state index in [-0.39, 0.29) is 0 Å². The third-order valence-corrected chi connectivity index (χ3v) is 1.70. The highest BCUT2D eigenvalue weighted by molar-refractivity contribution is 5.66. The van der Waals surface area contributed by atoms with E-state index in [0.29, 0.717) is 19.6 Å². The van der Waals surface area contributed by atoms with Gasteiger partial charge in [-0.3, -0.25) is 9.59 Å². The summed E-state index contributed by atoms with van der Waals surface area (Å²) in [6.45, 7) is 4.31. The number of nitrogens with zero attached hydrogens (tertiary/aromatic N) is 1. The Hall–Kier alpha value is -1.14. The van der Waals surface area contributed by atoms with Crippen molar-refractivity contribution in [2.24, 2.45) is 0 Å². The predicted octanol–water partition coefficient (Wildman–Crippen LogP) is -0.741. The zero-order chi connectivity index (χ0) is 10.6. The van der Waals surface area contributed by atoms with Gasteiger partial charge in [-0.1, -0.05) is 5.06 Å². The molecule has 1 fully saturated rings. The van der Waals surface area contributed by atoms with Crippen molar-refractivity contribution in [2.75, 3.05) is 19.6 Å². The lowest BCUT2D eigenvalue weighted by Gasteiger charge is -2.32. The molecule has 0 aromatic heterocycles. The summed E-state index contributed by atoms with van der Waals surface area (Å²) < 4.78 is 4.95. The molecule has 14 heavy (non-hydrogen) atoms. The average molecular weight is 202 g/mol. The zero-order valence-corrected chi connectivity index (χ0v) is 8.28. The molecule has 1 N–H and O–H groups in total. The Bertz CT molecular complexity index is 207. The van der Waals surface area contributed by atoms with Crippen molar-refractivity contribution in [3.8, 4) is 0 Å². The predicted molar refractivity (Wildman–Crippen MR) is 46.9 cm³/mol. The fraction of sp³-hybridized carbons (Fsp3) is 0.750. The van der Waals surface area contributed by atoms with E-state index in [4.69, 9.17) is 9.57 Å². The van der Waals surface area contributed by atoms with E-state index in [2.05, 4.69) is 5.32 Å². The van der Waals surface area contributed by atoms with E-state index in [1.54, 1.807) is 0 Å². The number of rotatable bonds is 2. The van der Waals surface area contributed by atoms with E-state index < -0.39 is 18.2 Å². The molecule has 80 valence electrons. The number of ether oxygens (including phenoxy) is 1. The van der Waals surface area contributed by atoms with Crippen LogP contribution >= 0.6 is 0 Å². The highest BCUT2D eigenvalue weighted by Gasteiger charge is 2.27. The highest BCUT2D eigenvalue weighted by Crippen LogP contribution is 2.06. The quantitative estimate of drug-likeness (QED) is 0.595. The van der Waals surface area contributed by atoms with Crippen molar-refractivity contribution in [2.45, 2.75) is 20.1 Å². The standard InChI is InChI=1S/C8H14N2O4/c1-6(11)13-8-5-9-3-4-10(8)14-7(2)12/h8-9H,3-5H2,1-2H3. The van der Waals surface area contributed by atoms with Gasteiger partial charge in [0.15, 0.2) is 6.23 Å². The SMILES string of the molecule is CC(=O)OC1CNCCN1OC(C)=O. The second kappa shape index (κ2) is 4.92. The van der Waals surface area contributed by atoms with Crippen molar-refractivity contribution < 1.29 is 19.2 Å². The molecule has 0 radical (unpaired) electrons. The van der Waals surface area contributed by atoms with Gasteiger partial charge in [-0.2, -0.15) is 0 Å². The Morgan fingerprint density at radius 3 is 2.64 bits per heavy atom. The molecule has 1 saturated heterocycles. The van der Waals surface area contributed by atoms with Gasteiger partial charge in [-0.25, -0.2) is 0 Å². The maximum Gasteiger partial charge on any atom is 0.322 e. The van der Waals surface area contributed by atoms with Crippen LogP contribution in [0.4, 0.5) is 0 Å². The molecule has 0 spiro atoms. The van der Waals surface area contributed by atoms with Gasteiger partial charge in [0.25, 0.3) is 0 Å². The summed E-state index contributed by atoms with van der Waals surface area (Å²) in [5.41, 5.74) is 0. The van der Waals surface area contributed by atoms with Crippen LogP contribution in [0, 0.1) is 0 Å². The molecule has 6 heteroatoms. The number of hydrogen-bond donors (Lipinski definition) is 1. The Labute approximate surface area is 82.1 Å². The van der Waals surface area contributed by atoms with Crippen molar-refractivity contribution in [1.82, 2.24) is 10.4 Å². The van der Waals surface area contributed by atoms with Gasteiger partial charge in [-0.05, 0) is 0 Å². The molecule has 1 heterocycles. The van der Waals surface area contributed by atoms with Crippen LogP contribution in [-0.2, 0) is 19.2 Å². The van der Waals surface area contributed by atoms with Crippen LogP contribution in [-0.4, -0.2) is 42.9 Å². The lowest BCUT2D eigenvalue weighted by molar-refractivity contribution is -0.244. The summed E-state index contributed by atoms with van der Waals surface area (Å²) in [6.07, 6.45) is -0.523. The summed E-state index contributed by atoms with van der Waals surface area (Å²) in [7, 11) is 0. The summed E-state index contributed by atoms with van der Waals surface area (Å²) in [5, 5.41) is 4.41. The normalized spacial score (nSPS) is 22.9. The van der Waals surface area contributed by atoms with Gasteiger partial charge in [0, 0.05) is 26.9 Å². The number of esters is 1. The number of hydrogen-bond acceptors (Lipinski definition) is 6. The second-order valence-electron chi connectivity index (χ2n) is 2.99. The molecule has 0 bridgehead atoms. The van der Waals surface area contributed by atoms with Crippen LogP contribution in [0.1, 0.15) is 13.8 Å². The molecule has 1 rings (SSSR count). The van der Waals surface area contributed by atoms with E-state index in [9.17, 15) is 9.59 Å².